The number of fused-ring (bicyclic) bond motifs is 1. The van der Waals surface area contributed by atoms with Crippen molar-refractivity contribution in [1.82, 2.24) is 0 Å². The first-order valence-electron chi connectivity index (χ1n) is 9.39. The first-order chi connectivity index (χ1) is 12.8. The van der Waals surface area contributed by atoms with Gasteiger partial charge in [-0.25, -0.2) is 8.42 Å². The van der Waals surface area contributed by atoms with E-state index in [0.717, 1.165) is 41.6 Å². The third-order valence-corrected chi connectivity index (χ3v) is 6.83. The van der Waals surface area contributed by atoms with Crippen LogP contribution in [-0.4, -0.2) is 20.9 Å². The molecule has 6 heteroatoms. The Kier molecular flexibility index (Phi) is 4.46. The Morgan fingerprint density at radius 2 is 1.78 bits per heavy atom. The molecule has 0 unspecified atom stereocenters. The monoisotopic (exact) mass is 384 g/mol. The first-order valence-corrected chi connectivity index (χ1v) is 10.9. The quantitative estimate of drug-likeness (QED) is 0.872. The largest absolute Gasteiger partial charge is 0.312 e. The molecule has 1 N–H and O–H groups in total. The SMILES string of the molecule is Cc1cc(C)cc(NS(=O)(=O)c2ccc3c(c2)CCN3C(=O)C2CCC2)c1. The summed E-state index contributed by atoms with van der Waals surface area (Å²) in [5, 5.41) is 0. The molecule has 1 aliphatic heterocycles. The van der Waals surface area contributed by atoms with Crippen molar-refractivity contribution in [3.63, 3.8) is 0 Å². The number of carbonyl (C=O) groups is 1. The Hall–Kier alpha value is -2.34. The van der Waals surface area contributed by atoms with E-state index in [1.54, 1.807) is 18.2 Å². The topological polar surface area (TPSA) is 66.5 Å². The Morgan fingerprint density at radius 3 is 2.41 bits per heavy atom. The van der Waals surface area contributed by atoms with Crippen LogP contribution in [0, 0.1) is 19.8 Å². The summed E-state index contributed by atoms with van der Waals surface area (Å²) >= 11 is 0. The smallest absolute Gasteiger partial charge is 0.261 e. The summed E-state index contributed by atoms with van der Waals surface area (Å²) in [6.07, 6.45) is 3.76. The number of hydrogen-bond donors (Lipinski definition) is 1. The molecule has 4 rings (SSSR count). The van der Waals surface area contributed by atoms with Gasteiger partial charge in [-0.1, -0.05) is 12.5 Å². The van der Waals surface area contributed by atoms with E-state index in [0.29, 0.717) is 18.7 Å². The minimum absolute atomic E-state index is 0.144. The highest BCUT2D eigenvalue weighted by Crippen LogP contribution is 2.35. The summed E-state index contributed by atoms with van der Waals surface area (Å²) in [5.74, 6) is 0.328. The van der Waals surface area contributed by atoms with Crippen LogP contribution in [-0.2, 0) is 21.2 Å². The number of carbonyl (C=O) groups excluding carboxylic acids is 1. The number of anilines is 2. The standard InChI is InChI=1S/C21H24N2O3S/c1-14-10-15(2)12-18(11-14)22-27(25,26)19-6-7-20-17(13-19)8-9-23(20)21(24)16-4-3-5-16/h6-7,10-13,16,22H,3-5,8-9H2,1-2H3. The van der Waals surface area contributed by atoms with E-state index in [1.165, 1.54) is 0 Å². The van der Waals surface area contributed by atoms with Crippen molar-refractivity contribution >= 4 is 27.3 Å². The molecule has 1 saturated carbocycles. The molecule has 142 valence electrons. The van der Waals surface area contributed by atoms with E-state index in [-0.39, 0.29) is 16.7 Å². The average Bonchev–Trinajstić information content (AvgIpc) is 2.94. The lowest BCUT2D eigenvalue weighted by atomic mass is 9.84. The van der Waals surface area contributed by atoms with E-state index in [4.69, 9.17) is 0 Å². The average molecular weight is 385 g/mol. The van der Waals surface area contributed by atoms with Crippen molar-refractivity contribution in [1.29, 1.82) is 0 Å². The molecule has 2 aromatic rings. The van der Waals surface area contributed by atoms with Gasteiger partial charge < -0.3 is 4.90 Å². The van der Waals surface area contributed by atoms with Crippen molar-refractivity contribution in [2.45, 2.75) is 44.4 Å². The number of benzene rings is 2. The molecule has 0 radical (unpaired) electrons. The van der Waals surface area contributed by atoms with E-state index in [2.05, 4.69) is 4.72 Å². The lowest BCUT2D eigenvalue weighted by molar-refractivity contribution is -0.124. The fraction of sp³-hybridized carbons (Fsp3) is 0.381. The van der Waals surface area contributed by atoms with Crippen LogP contribution in [0.25, 0.3) is 0 Å². The van der Waals surface area contributed by atoms with Gasteiger partial charge in [0.25, 0.3) is 10.0 Å². The zero-order chi connectivity index (χ0) is 19.2. The fourth-order valence-corrected chi connectivity index (χ4v) is 4.99. The lowest BCUT2D eigenvalue weighted by Crippen LogP contribution is -2.37. The number of amides is 1. The molecule has 0 spiro atoms. The molecule has 1 aliphatic carbocycles. The fourth-order valence-electron chi connectivity index (χ4n) is 3.90. The molecule has 0 saturated heterocycles. The molecule has 0 aromatic heterocycles. The molecular weight excluding hydrogens is 360 g/mol. The van der Waals surface area contributed by atoms with Crippen molar-refractivity contribution < 1.29 is 13.2 Å². The van der Waals surface area contributed by atoms with Gasteiger partial charge in [0.2, 0.25) is 5.91 Å². The van der Waals surface area contributed by atoms with Crippen LogP contribution in [0.4, 0.5) is 11.4 Å². The summed E-state index contributed by atoms with van der Waals surface area (Å²) in [4.78, 5) is 14.6. The van der Waals surface area contributed by atoms with Gasteiger partial charge in [0.1, 0.15) is 0 Å². The van der Waals surface area contributed by atoms with Gasteiger partial charge in [-0.05, 0) is 80.1 Å². The third-order valence-electron chi connectivity index (χ3n) is 5.45. The molecule has 2 aromatic carbocycles. The summed E-state index contributed by atoms with van der Waals surface area (Å²) in [6.45, 7) is 4.51. The summed E-state index contributed by atoms with van der Waals surface area (Å²) in [5.41, 5.74) is 4.36. The maximum atomic E-state index is 12.8. The Bertz CT molecular complexity index is 990. The van der Waals surface area contributed by atoms with E-state index in [1.807, 2.05) is 36.9 Å². The van der Waals surface area contributed by atoms with Gasteiger partial charge in [-0.2, -0.15) is 0 Å². The Balaban J connectivity index is 1.58. The second-order valence-electron chi connectivity index (χ2n) is 7.64. The minimum atomic E-state index is -3.67. The highest BCUT2D eigenvalue weighted by Gasteiger charge is 2.33. The molecule has 1 amide bonds. The van der Waals surface area contributed by atoms with Crippen LogP contribution in [0.1, 0.15) is 36.0 Å². The van der Waals surface area contributed by atoms with E-state index >= 15 is 0 Å². The molecule has 1 heterocycles. The Labute approximate surface area is 160 Å². The van der Waals surface area contributed by atoms with Crippen LogP contribution >= 0.6 is 0 Å². The number of aryl methyl sites for hydroxylation is 2. The van der Waals surface area contributed by atoms with Crippen LogP contribution in [0.5, 0.6) is 0 Å². The zero-order valence-electron chi connectivity index (χ0n) is 15.7. The van der Waals surface area contributed by atoms with Gasteiger partial charge in [0.05, 0.1) is 4.90 Å². The number of nitrogens with zero attached hydrogens (tertiary/aromatic N) is 1. The van der Waals surface area contributed by atoms with Gasteiger partial charge in [-0.15, -0.1) is 0 Å². The molecular formula is C21H24N2O3S. The van der Waals surface area contributed by atoms with Crippen molar-refractivity contribution in [2.24, 2.45) is 5.92 Å². The maximum Gasteiger partial charge on any atom is 0.261 e. The molecule has 1 fully saturated rings. The van der Waals surface area contributed by atoms with Crippen molar-refractivity contribution in [3.8, 4) is 0 Å². The zero-order valence-corrected chi connectivity index (χ0v) is 16.5. The van der Waals surface area contributed by atoms with Crippen LogP contribution < -0.4 is 9.62 Å². The van der Waals surface area contributed by atoms with E-state index < -0.39 is 10.0 Å². The maximum absolute atomic E-state index is 12.8. The van der Waals surface area contributed by atoms with E-state index in [9.17, 15) is 13.2 Å². The molecule has 27 heavy (non-hydrogen) atoms. The number of rotatable bonds is 4. The predicted octanol–water partition coefficient (Wildman–Crippen LogP) is 3.79. The van der Waals surface area contributed by atoms with Crippen LogP contribution in [0.3, 0.4) is 0 Å². The Morgan fingerprint density at radius 1 is 1.07 bits per heavy atom. The molecule has 5 nitrogen and oxygen atoms in total. The van der Waals surface area contributed by atoms with Crippen molar-refractivity contribution in [3.05, 3.63) is 53.1 Å². The third kappa shape index (κ3) is 3.46. The number of nitrogens with one attached hydrogen (secondary N) is 1. The predicted molar refractivity (Wildman–Crippen MR) is 107 cm³/mol. The van der Waals surface area contributed by atoms with Gasteiger partial charge in [0.15, 0.2) is 0 Å². The lowest BCUT2D eigenvalue weighted by Gasteiger charge is -2.29. The van der Waals surface area contributed by atoms with Crippen LogP contribution in [0.2, 0.25) is 0 Å². The highest BCUT2D eigenvalue weighted by atomic mass is 32.2. The summed E-state index contributed by atoms with van der Waals surface area (Å²) in [7, 11) is -3.67. The molecule has 0 bridgehead atoms. The van der Waals surface area contributed by atoms with Crippen molar-refractivity contribution in [2.75, 3.05) is 16.2 Å². The number of hydrogen-bond acceptors (Lipinski definition) is 3. The summed E-state index contributed by atoms with van der Waals surface area (Å²) < 4.78 is 28.3. The van der Waals surface area contributed by atoms with Crippen LogP contribution in [0.15, 0.2) is 41.3 Å². The highest BCUT2D eigenvalue weighted by molar-refractivity contribution is 7.92. The minimum Gasteiger partial charge on any atom is -0.312 e. The normalized spacial score (nSPS) is 16.7. The van der Waals surface area contributed by atoms with Gasteiger partial charge >= 0.3 is 0 Å². The molecule has 2 aliphatic rings. The second-order valence-corrected chi connectivity index (χ2v) is 9.32. The first kappa shape index (κ1) is 18.0. The summed E-state index contributed by atoms with van der Waals surface area (Å²) in [6, 6.07) is 10.7. The second kappa shape index (κ2) is 6.68. The number of sulfonamides is 1. The molecule has 0 atom stereocenters. The van der Waals surface area contributed by atoms with Gasteiger partial charge in [-0.3, -0.25) is 9.52 Å². The van der Waals surface area contributed by atoms with Gasteiger partial charge in [0, 0.05) is 23.8 Å².